The van der Waals surface area contributed by atoms with Crippen molar-refractivity contribution in [3.05, 3.63) is 56.6 Å². The SMILES string of the molecule is Cn1c(C(F)(F)F)cc(=O)n(-c2cc(O)ccc2F)c1=O. The second-order valence-corrected chi connectivity index (χ2v) is 4.18. The largest absolute Gasteiger partial charge is 0.508 e. The molecule has 0 saturated heterocycles. The second kappa shape index (κ2) is 4.76. The van der Waals surface area contributed by atoms with E-state index >= 15 is 0 Å². The van der Waals surface area contributed by atoms with Crippen LogP contribution in [0.1, 0.15) is 5.69 Å². The van der Waals surface area contributed by atoms with Gasteiger partial charge in [0.15, 0.2) is 0 Å². The smallest absolute Gasteiger partial charge is 0.431 e. The number of aromatic hydroxyl groups is 1. The summed E-state index contributed by atoms with van der Waals surface area (Å²) in [6.45, 7) is 0. The Morgan fingerprint density at radius 2 is 1.76 bits per heavy atom. The monoisotopic (exact) mass is 304 g/mol. The highest BCUT2D eigenvalue weighted by molar-refractivity contribution is 5.40. The molecule has 0 bridgehead atoms. The number of benzene rings is 1. The third kappa shape index (κ3) is 2.54. The van der Waals surface area contributed by atoms with Gasteiger partial charge < -0.3 is 5.11 Å². The van der Waals surface area contributed by atoms with Gasteiger partial charge in [-0.2, -0.15) is 13.2 Å². The Hall–Kier alpha value is -2.58. The Bertz CT molecular complexity index is 821. The molecule has 0 saturated carbocycles. The Labute approximate surface area is 114 Å². The highest BCUT2D eigenvalue weighted by Crippen LogP contribution is 2.27. The molecule has 0 aliphatic carbocycles. The molecule has 1 aromatic carbocycles. The molecule has 9 heteroatoms. The predicted octanol–water partition coefficient (Wildman–Crippen LogP) is 1.40. The molecule has 112 valence electrons. The summed E-state index contributed by atoms with van der Waals surface area (Å²) in [6, 6.07) is 2.71. The van der Waals surface area contributed by atoms with Crippen LogP contribution in [0.3, 0.4) is 0 Å². The zero-order valence-corrected chi connectivity index (χ0v) is 10.5. The lowest BCUT2D eigenvalue weighted by Crippen LogP contribution is -2.41. The maximum atomic E-state index is 13.6. The van der Waals surface area contributed by atoms with Crippen molar-refractivity contribution in [2.45, 2.75) is 6.18 Å². The fraction of sp³-hybridized carbons (Fsp3) is 0.167. The van der Waals surface area contributed by atoms with Gasteiger partial charge in [0.05, 0.1) is 5.69 Å². The van der Waals surface area contributed by atoms with E-state index in [2.05, 4.69) is 0 Å². The van der Waals surface area contributed by atoms with E-state index in [9.17, 15) is 32.3 Å². The first kappa shape index (κ1) is 14.8. The number of phenols is 1. The summed E-state index contributed by atoms with van der Waals surface area (Å²) in [5.41, 5.74) is -4.81. The van der Waals surface area contributed by atoms with Gasteiger partial charge in [-0.05, 0) is 12.1 Å². The van der Waals surface area contributed by atoms with Gasteiger partial charge in [0.25, 0.3) is 5.56 Å². The number of nitrogens with zero attached hydrogens (tertiary/aromatic N) is 2. The summed E-state index contributed by atoms with van der Waals surface area (Å²) in [7, 11) is 0.807. The molecule has 0 spiro atoms. The summed E-state index contributed by atoms with van der Waals surface area (Å²) < 4.78 is 52.0. The van der Waals surface area contributed by atoms with Crippen LogP contribution in [-0.4, -0.2) is 14.2 Å². The highest BCUT2D eigenvalue weighted by Gasteiger charge is 2.35. The van der Waals surface area contributed by atoms with Gasteiger partial charge in [0, 0.05) is 19.2 Å². The third-order valence-electron chi connectivity index (χ3n) is 2.78. The number of hydrogen-bond acceptors (Lipinski definition) is 3. The summed E-state index contributed by atoms with van der Waals surface area (Å²) in [5, 5.41) is 9.26. The molecule has 2 rings (SSSR count). The van der Waals surface area contributed by atoms with Crippen molar-refractivity contribution in [1.82, 2.24) is 9.13 Å². The molecule has 0 amide bonds. The Balaban J connectivity index is 2.85. The van der Waals surface area contributed by atoms with E-state index in [4.69, 9.17) is 0 Å². The van der Waals surface area contributed by atoms with Gasteiger partial charge in [0.2, 0.25) is 0 Å². The topological polar surface area (TPSA) is 64.2 Å². The van der Waals surface area contributed by atoms with Crippen LogP contribution in [0.15, 0.2) is 33.9 Å². The van der Waals surface area contributed by atoms with Crippen LogP contribution in [-0.2, 0) is 13.2 Å². The molecular weight excluding hydrogens is 296 g/mol. The average Bonchev–Trinajstić information content (AvgIpc) is 2.36. The molecule has 5 nitrogen and oxygen atoms in total. The van der Waals surface area contributed by atoms with Crippen LogP contribution in [0, 0.1) is 5.82 Å². The van der Waals surface area contributed by atoms with Crippen LogP contribution >= 0.6 is 0 Å². The molecule has 2 aromatic rings. The van der Waals surface area contributed by atoms with Gasteiger partial charge >= 0.3 is 11.9 Å². The van der Waals surface area contributed by atoms with E-state index in [1.807, 2.05) is 0 Å². The number of alkyl halides is 3. The maximum absolute atomic E-state index is 13.6. The lowest BCUT2D eigenvalue weighted by atomic mass is 10.2. The van der Waals surface area contributed by atoms with E-state index in [0.717, 1.165) is 25.2 Å². The second-order valence-electron chi connectivity index (χ2n) is 4.18. The lowest BCUT2D eigenvalue weighted by Gasteiger charge is -2.14. The minimum absolute atomic E-state index is 0.185. The van der Waals surface area contributed by atoms with E-state index in [1.165, 1.54) is 0 Å². The highest BCUT2D eigenvalue weighted by atomic mass is 19.4. The summed E-state index contributed by atoms with van der Waals surface area (Å²) in [4.78, 5) is 23.6. The lowest BCUT2D eigenvalue weighted by molar-refractivity contribution is -0.144. The van der Waals surface area contributed by atoms with Crippen molar-refractivity contribution in [3.8, 4) is 11.4 Å². The quantitative estimate of drug-likeness (QED) is 0.810. The predicted molar refractivity (Wildman–Crippen MR) is 63.9 cm³/mol. The minimum Gasteiger partial charge on any atom is -0.508 e. The van der Waals surface area contributed by atoms with Crippen molar-refractivity contribution in [2.75, 3.05) is 0 Å². The van der Waals surface area contributed by atoms with Crippen LogP contribution in [0.25, 0.3) is 5.69 Å². The van der Waals surface area contributed by atoms with Crippen molar-refractivity contribution in [1.29, 1.82) is 0 Å². The molecule has 1 N–H and O–H groups in total. The summed E-state index contributed by atoms with van der Waals surface area (Å²) in [6.07, 6.45) is -4.90. The standard InChI is InChI=1S/C12H8F4N2O3/c1-17-9(12(14,15)16)5-10(20)18(11(17)21)8-4-6(19)2-3-7(8)13/h2-5,19H,1H3. The summed E-state index contributed by atoms with van der Waals surface area (Å²) >= 11 is 0. The number of aromatic nitrogens is 2. The molecule has 0 unspecified atom stereocenters. The van der Waals surface area contributed by atoms with Gasteiger partial charge in [-0.15, -0.1) is 0 Å². The molecule has 0 radical (unpaired) electrons. The summed E-state index contributed by atoms with van der Waals surface area (Å²) in [5.74, 6) is -1.48. The van der Waals surface area contributed by atoms with Crippen LogP contribution in [0.5, 0.6) is 5.75 Å². The molecule has 0 fully saturated rings. The minimum atomic E-state index is -4.90. The van der Waals surface area contributed by atoms with Crippen LogP contribution in [0.4, 0.5) is 17.6 Å². The first-order valence-electron chi connectivity index (χ1n) is 5.52. The third-order valence-corrected chi connectivity index (χ3v) is 2.78. The van der Waals surface area contributed by atoms with Crippen molar-refractivity contribution >= 4 is 0 Å². The fourth-order valence-electron chi connectivity index (χ4n) is 1.79. The van der Waals surface area contributed by atoms with E-state index in [1.54, 1.807) is 0 Å². The number of halogens is 4. The Morgan fingerprint density at radius 1 is 1.14 bits per heavy atom. The Morgan fingerprint density at radius 3 is 2.33 bits per heavy atom. The maximum Gasteiger partial charge on any atom is 0.431 e. The van der Waals surface area contributed by atoms with E-state index in [0.29, 0.717) is 0 Å². The first-order valence-corrected chi connectivity index (χ1v) is 5.52. The first-order chi connectivity index (χ1) is 9.62. The molecular formula is C12H8F4N2O3. The fourth-order valence-corrected chi connectivity index (χ4v) is 1.79. The number of rotatable bonds is 1. The normalized spacial score (nSPS) is 11.7. The van der Waals surface area contributed by atoms with Gasteiger partial charge in [-0.3, -0.25) is 9.36 Å². The van der Waals surface area contributed by atoms with Crippen LogP contribution in [0.2, 0.25) is 0 Å². The Kier molecular flexibility index (Phi) is 3.36. The van der Waals surface area contributed by atoms with Crippen LogP contribution < -0.4 is 11.2 Å². The van der Waals surface area contributed by atoms with Crippen molar-refractivity contribution in [2.24, 2.45) is 7.05 Å². The number of hydrogen-bond donors (Lipinski definition) is 1. The average molecular weight is 304 g/mol. The van der Waals surface area contributed by atoms with Gasteiger partial charge in [-0.1, -0.05) is 0 Å². The van der Waals surface area contributed by atoms with Crippen molar-refractivity contribution < 1.29 is 22.7 Å². The molecule has 1 heterocycles. The van der Waals surface area contributed by atoms with E-state index < -0.39 is 40.4 Å². The van der Waals surface area contributed by atoms with Gasteiger partial charge in [-0.25, -0.2) is 13.8 Å². The van der Waals surface area contributed by atoms with E-state index in [-0.39, 0.29) is 15.2 Å². The van der Waals surface area contributed by atoms with Crippen molar-refractivity contribution in [3.63, 3.8) is 0 Å². The zero-order valence-electron chi connectivity index (χ0n) is 10.5. The molecule has 0 aliphatic heterocycles. The van der Waals surface area contributed by atoms with Gasteiger partial charge in [0.1, 0.15) is 17.3 Å². The molecule has 21 heavy (non-hydrogen) atoms. The number of phenolic OH excluding ortho intramolecular Hbond substituents is 1. The molecule has 0 atom stereocenters. The molecule has 1 aromatic heterocycles. The molecule has 0 aliphatic rings. The zero-order chi connectivity index (χ0) is 15.9.